The zero-order chi connectivity index (χ0) is 21.8. The van der Waals surface area contributed by atoms with Crippen LogP contribution in [0.5, 0.6) is 0 Å². The minimum absolute atomic E-state index is 0.159. The van der Waals surface area contributed by atoms with Crippen LogP contribution in [0.3, 0.4) is 0 Å². The Kier molecular flexibility index (Phi) is 4.69. The summed E-state index contributed by atoms with van der Waals surface area (Å²) in [6.45, 7) is 0.411. The summed E-state index contributed by atoms with van der Waals surface area (Å²) in [6.07, 6.45) is 0.797. The van der Waals surface area contributed by atoms with Crippen LogP contribution in [0.4, 0.5) is 13.2 Å². The number of benzene rings is 1. The number of halogens is 4. The third-order valence-electron chi connectivity index (χ3n) is 5.75. The van der Waals surface area contributed by atoms with Crippen LogP contribution < -0.4 is 0 Å². The Morgan fingerprint density at radius 1 is 1.10 bits per heavy atom. The largest absolute Gasteiger partial charge is 0.417 e. The van der Waals surface area contributed by atoms with E-state index in [2.05, 4.69) is 20.2 Å². The monoisotopic (exact) mass is 448 g/mol. The number of alkyl halides is 3. The molecular formula is C20H16ClF3N6O. The molecule has 5 rings (SSSR count). The summed E-state index contributed by atoms with van der Waals surface area (Å²) in [5.74, 6) is 0.990. The van der Waals surface area contributed by atoms with Gasteiger partial charge in [-0.25, -0.2) is 9.97 Å². The summed E-state index contributed by atoms with van der Waals surface area (Å²) in [7, 11) is 0. The van der Waals surface area contributed by atoms with Crippen molar-refractivity contribution >= 4 is 17.5 Å². The quantitative estimate of drug-likeness (QED) is 0.588. The molecule has 2 aliphatic heterocycles. The normalized spacial score (nSPS) is 20.5. The molecule has 0 aliphatic carbocycles. The lowest BCUT2D eigenvalue weighted by atomic mass is 9.90. The van der Waals surface area contributed by atoms with Crippen LogP contribution in [0.1, 0.15) is 47.1 Å². The van der Waals surface area contributed by atoms with E-state index in [4.69, 9.17) is 11.6 Å². The Labute approximate surface area is 179 Å². The van der Waals surface area contributed by atoms with E-state index in [1.807, 2.05) is 4.57 Å². The molecule has 0 saturated carbocycles. The van der Waals surface area contributed by atoms with Crippen molar-refractivity contribution < 1.29 is 18.0 Å². The SMILES string of the molecule is O=C(c1cccc(C(F)(F)F)c1Cl)N1[C@H]2CCC[C@H]1c1nnc(-c3ncccn3)n1C2. The highest BCUT2D eigenvalue weighted by Crippen LogP contribution is 2.42. The molecule has 0 unspecified atom stereocenters. The van der Waals surface area contributed by atoms with Crippen molar-refractivity contribution in [2.24, 2.45) is 0 Å². The first-order chi connectivity index (χ1) is 14.9. The van der Waals surface area contributed by atoms with Gasteiger partial charge in [-0.15, -0.1) is 10.2 Å². The van der Waals surface area contributed by atoms with Gasteiger partial charge in [-0.3, -0.25) is 4.79 Å². The zero-order valence-electron chi connectivity index (χ0n) is 16.1. The fourth-order valence-corrected chi connectivity index (χ4v) is 4.72. The first-order valence-corrected chi connectivity index (χ1v) is 10.1. The van der Waals surface area contributed by atoms with Crippen molar-refractivity contribution in [3.05, 3.63) is 58.6 Å². The van der Waals surface area contributed by atoms with Gasteiger partial charge in [0.2, 0.25) is 5.82 Å². The Balaban J connectivity index is 1.55. The van der Waals surface area contributed by atoms with Gasteiger partial charge < -0.3 is 9.47 Å². The van der Waals surface area contributed by atoms with Gasteiger partial charge in [0, 0.05) is 18.9 Å². The number of amides is 1. The minimum Gasteiger partial charge on any atom is -0.324 e. The molecule has 0 radical (unpaired) electrons. The van der Waals surface area contributed by atoms with Crippen molar-refractivity contribution in [3.8, 4) is 11.6 Å². The molecule has 0 N–H and O–H groups in total. The van der Waals surface area contributed by atoms with E-state index in [-0.39, 0.29) is 11.6 Å². The molecule has 1 aromatic carbocycles. The number of carbonyl (C=O) groups excluding carboxylic acids is 1. The average molecular weight is 449 g/mol. The predicted molar refractivity (Wildman–Crippen MR) is 104 cm³/mol. The molecule has 3 aromatic rings. The van der Waals surface area contributed by atoms with Gasteiger partial charge in [0.25, 0.3) is 5.91 Å². The Morgan fingerprint density at radius 2 is 1.87 bits per heavy atom. The molecule has 160 valence electrons. The standard InChI is InChI=1S/C20H16ClF3N6O/c21-15-12(5-2-6-13(15)20(22,23)24)19(31)30-11-4-1-7-14(30)17-27-28-18(29(17)10-11)16-25-8-3-9-26-16/h2-3,5-6,8-9,11,14H,1,4,7,10H2/t11-,14-/m0/s1. The van der Waals surface area contributed by atoms with Crippen molar-refractivity contribution in [1.29, 1.82) is 0 Å². The van der Waals surface area contributed by atoms with E-state index in [0.29, 0.717) is 36.9 Å². The lowest BCUT2D eigenvalue weighted by Crippen LogP contribution is -2.52. The van der Waals surface area contributed by atoms with Gasteiger partial charge in [-0.05, 0) is 37.5 Å². The van der Waals surface area contributed by atoms with E-state index in [1.54, 1.807) is 23.4 Å². The number of fused-ring (bicyclic) bond motifs is 4. The molecule has 0 spiro atoms. The maximum atomic E-state index is 13.4. The number of rotatable bonds is 2. The molecule has 2 aliphatic rings. The van der Waals surface area contributed by atoms with Crippen LogP contribution in [0.2, 0.25) is 5.02 Å². The van der Waals surface area contributed by atoms with Crippen LogP contribution in [0.25, 0.3) is 11.6 Å². The first kappa shape index (κ1) is 19.9. The maximum absolute atomic E-state index is 13.4. The fraction of sp³-hybridized carbons (Fsp3) is 0.350. The molecule has 1 amide bonds. The fourth-order valence-electron chi connectivity index (χ4n) is 4.41. The smallest absolute Gasteiger partial charge is 0.324 e. The number of carbonyl (C=O) groups is 1. The van der Waals surface area contributed by atoms with E-state index in [0.717, 1.165) is 12.5 Å². The molecular weight excluding hydrogens is 433 g/mol. The van der Waals surface area contributed by atoms with E-state index < -0.39 is 28.7 Å². The molecule has 31 heavy (non-hydrogen) atoms. The molecule has 2 atom stereocenters. The van der Waals surface area contributed by atoms with Crippen LogP contribution >= 0.6 is 11.6 Å². The molecule has 1 fully saturated rings. The second-order valence-corrected chi connectivity index (χ2v) is 7.92. The van der Waals surface area contributed by atoms with Crippen molar-refractivity contribution in [1.82, 2.24) is 29.6 Å². The Bertz CT molecular complexity index is 1150. The summed E-state index contributed by atoms with van der Waals surface area (Å²) in [6, 6.07) is 4.48. The van der Waals surface area contributed by atoms with Gasteiger partial charge >= 0.3 is 6.18 Å². The number of hydrogen-bond acceptors (Lipinski definition) is 5. The first-order valence-electron chi connectivity index (χ1n) is 9.75. The van der Waals surface area contributed by atoms with E-state index >= 15 is 0 Å². The summed E-state index contributed by atoms with van der Waals surface area (Å²) in [5, 5.41) is 7.94. The third kappa shape index (κ3) is 3.25. The summed E-state index contributed by atoms with van der Waals surface area (Å²) >= 11 is 6.03. The van der Waals surface area contributed by atoms with Crippen molar-refractivity contribution in [3.63, 3.8) is 0 Å². The highest BCUT2D eigenvalue weighted by molar-refractivity contribution is 6.34. The van der Waals surface area contributed by atoms with Crippen LogP contribution in [0, 0.1) is 0 Å². The summed E-state index contributed by atoms with van der Waals surface area (Å²) in [4.78, 5) is 23.5. The third-order valence-corrected chi connectivity index (χ3v) is 6.16. The number of piperidine rings is 1. The molecule has 2 bridgehead atoms. The van der Waals surface area contributed by atoms with Crippen molar-refractivity contribution in [2.75, 3.05) is 0 Å². The molecule has 4 heterocycles. The van der Waals surface area contributed by atoms with Gasteiger partial charge in [0.1, 0.15) is 0 Å². The van der Waals surface area contributed by atoms with Gasteiger partial charge in [0.05, 0.1) is 28.2 Å². The molecule has 1 saturated heterocycles. The molecule has 2 aromatic heterocycles. The summed E-state index contributed by atoms with van der Waals surface area (Å²) < 4.78 is 41.8. The Hall–Kier alpha value is -3.01. The molecule has 11 heteroatoms. The summed E-state index contributed by atoms with van der Waals surface area (Å²) in [5.41, 5.74) is -1.18. The Morgan fingerprint density at radius 3 is 2.61 bits per heavy atom. The van der Waals surface area contributed by atoms with Gasteiger partial charge in [0.15, 0.2) is 11.6 Å². The van der Waals surface area contributed by atoms with Crippen LogP contribution in [-0.2, 0) is 12.7 Å². The van der Waals surface area contributed by atoms with Gasteiger partial charge in [-0.2, -0.15) is 13.2 Å². The lowest BCUT2D eigenvalue weighted by molar-refractivity contribution is -0.137. The van der Waals surface area contributed by atoms with E-state index in [9.17, 15) is 18.0 Å². The molecule has 7 nitrogen and oxygen atoms in total. The second-order valence-electron chi connectivity index (χ2n) is 7.54. The number of aromatic nitrogens is 5. The van der Waals surface area contributed by atoms with Crippen LogP contribution in [0.15, 0.2) is 36.7 Å². The van der Waals surface area contributed by atoms with Crippen LogP contribution in [-0.4, -0.2) is 41.6 Å². The predicted octanol–water partition coefficient (Wildman–Crippen LogP) is 4.16. The highest BCUT2D eigenvalue weighted by Gasteiger charge is 2.44. The number of nitrogens with zero attached hydrogens (tertiary/aromatic N) is 6. The topological polar surface area (TPSA) is 76.8 Å². The van der Waals surface area contributed by atoms with Gasteiger partial charge in [-0.1, -0.05) is 17.7 Å². The van der Waals surface area contributed by atoms with Crippen molar-refractivity contribution in [2.45, 2.75) is 44.1 Å². The maximum Gasteiger partial charge on any atom is 0.417 e. The zero-order valence-corrected chi connectivity index (χ0v) is 16.8. The average Bonchev–Trinajstić information content (AvgIpc) is 3.16. The number of hydrogen-bond donors (Lipinski definition) is 0. The second kappa shape index (κ2) is 7.30. The lowest BCUT2D eigenvalue weighted by Gasteiger charge is -2.45. The van der Waals surface area contributed by atoms with E-state index in [1.165, 1.54) is 12.1 Å². The minimum atomic E-state index is -4.64. The highest BCUT2D eigenvalue weighted by atomic mass is 35.5.